The molecule has 3 aromatic rings. The summed E-state index contributed by atoms with van der Waals surface area (Å²) >= 11 is 1.16. The van der Waals surface area contributed by atoms with Crippen molar-refractivity contribution in [3.8, 4) is 5.75 Å². The van der Waals surface area contributed by atoms with Gasteiger partial charge in [-0.2, -0.15) is 5.10 Å². The summed E-state index contributed by atoms with van der Waals surface area (Å²) in [4.78, 5) is 47.1. The Morgan fingerprint density at radius 1 is 1.08 bits per heavy atom. The molecule has 13 heteroatoms. The second-order valence-electron chi connectivity index (χ2n) is 8.95. The summed E-state index contributed by atoms with van der Waals surface area (Å²) in [7, 11) is 3.42. The molecule has 12 nitrogen and oxygen atoms in total. The molecule has 3 N–H and O–H groups in total. The van der Waals surface area contributed by atoms with Crippen LogP contribution < -0.4 is 10.6 Å². The number of thiazole rings is 1. The average molecular weight is 527 g/mol. The number of anilines is 3. The Hall–Kier alpha value is -4.13. The number of carbonyl (C=O) groups is 3. The van der Waals surface area contributed by atoms with Crippen molar-refractivity contribution in [1.29, 1.82) is 0 Å². The molecule has 0 radical (unpaired) electrons. The molecule has 1 fully saturated rings. The molecule has 4 rings (SSSR count). The molecule has 0 atom stereocenters. The van der Waals surface area contributed by atoms with E-state index in [1.165, 1.54) is 15.8 Å². The molecule has 2 aromatic heterocycles. The lowest BCUT2D eigenvalue weighted by atomic mass is 10.1. The summed E-state index contributed by atoms with van der Waals surface area (Å²) in [6.45, 7) is 5.64. The number of benzene rings is 1. The van der Waals surface area contributed by atoms with E-state index >= 15 is 0 Å². The number of piperazine rings is 1. The topological polar surface area (TPSA) is 136 Å². The van der Waals surface area contributed by atoms with Gasteiger partial charge in [0.25, 0.3) is 5.91 Å². The molecule has 0 bridgehead atoms. The molecule has 37 heavy (non-hydrogen) atoms. The van der Waals surface area contributed by atoms with E-state index in [0.29, 0.717) is 53.3 Å². The molecule has 4 amide bonds. The van der Waals surface area contributed by atoms with Crippen molar-refractivity contribution < 1.29 is 19.5 Å². The van der Waals surface area contributed by atoms with Crippen LogP contribution in [-0.2, 0) is 11.3 Å². The molecule has 3 heterocycles. The van der Waals surface area contributed by atoms with Crippen LogP contribution >= 0.6 is 11.3 Å². The first-order chi connectivity index (χ1) is 17.6. The molecule has 0 unspecified atom stereocenters. The maximum atomic E-state index is 12.7. The number of aryl methyl sites for hydroxylation is 1. The minimum atomic E-state index is -0.328. The Bertz CT molecular complexity index is 1310. The van der Waals surface area contributed by atoms with Crippen molar-refractivity contribution in [3.05, 3.63) is 46.6 Å². The number of aromatic hydroxyl groups is 1. The first-order valence-electron chi connectivity index (χ1n) is 11.7. The highest BCUT2D eigenvalue weighted by atomic mass is 32.1. The minimum absolute atomic E-state index is 0.0534. The molecule has 1 aliphatic rings. The Labute approximate surface area is 218 Å². The van der Waals surface area contributed by atoms with Gasteiger partial charge in [-0.15, -0.1) is 0 Å². The number of hydrogen-bond acceptors (Lipinski definition) is 8. The van der Waals surface area contributed by atoms with Crippen molar-refractivity contribution in [1.82, 2.24) is 29.5 Å². The number of carbonyl (C=O) groups excluding carboxylic acids is 3. The van der Waals surface area contributed by atoms with E-state index in [-0.39, 0.29) is 30.1 Å². The van der Waals surface area contributed by atoms with E-state index in [4.69, 9.17) is 0 Å². The fraction of sp³-hybridized carbons (Fsp3) is 0.375. The first kappa shape index (κ1) is 25.9. The Balaban J connectivity index is 1.31. The molecule has 0 aliphatic carbocycles. The highest BCUT2D eigenvalue weighted by Gasteiger charge is 2.25. The van der Waals surface area contributed by atoms with Crippen LogP contribution in [0.15, 0.2) is 30.6 Å². The van der Waals surface area contributed by atoms with Crippen LogP contribution in [0, 0.1) is 13.8 Å². The zero-order valence-corrected chi connectivity index (χ0v) is 22.0. The van der Waals surface area contributed by atoms with E-state index in [9.17, 15) is 19.5 Å². The highest BCUT2D eigenvalue weighted by Crippen LogP contribution is 2.29. The normalized spacial score (nSPS) is 13.4. The van der Waals surface area contributed by atoms with Gasteiger partial charge in [0, 0.05) is 58.1 Å². The Morgan fingerprint density at radius 2 is 1.78 bits per heavy atom. The van der Waals surface area contributed by atoms with E-state index in [1.54, 1.807) is 55.2 Å². The Morgan fingerprint density at radius 3 is 2.49 bits per heavy atom. The second kappa shape index (κ2) is 10.9. The lowest BCUT2D eigenvalue weighted by Gasteiger charge is -2.35. The molecule has 0 spiro atoms. The summed E-state index contributed by atoms with van der Waals surface area (Å²) in [5, 5.41) is 20.7. The predicted octanol–water partition coefficient (Wildman–Crippen LogP) is 2.48. The van der Waals surface area contributed by atoms with Gasteiger partial charge in [-0.1, -0.05) is 17.4 Å². The van der Waals surface area contributed by atoms with E-state index < -0.39 is 0 Å². The third-order valence-corrected chi connectivity index (χ3v) is 6.98. The van der Waals surface area contributed by atoms with Crippen LogP contribution in [0.1, 0.15) is 20.8 Å². The van der Waals surface area contributed by atoms with Gasteiger partial charge in [-0.3, -0.25) is 14.3 Å². The van der Waals surface area contributed by atoms with Crippen molar-refractivity contribution in [2.45, 2.75) is 20.4 Å². The van der Waals surface area contributed by atoms with Crippen LogP contribution in [-0.4, -0.2) is 92.7 Å². The second-order valence-corrected chi connectivity index (χ2v) is 9.98. The maximum absolute atomic E-state index is 12.7. The number of phenolic OH excluding ortho intramolecular Hbond substituents is 1. The molecular formula is C24H30N8O4S. The van der Waals surface area contributed by atoms with Gasteiger partial charge in [0.05, 0.1) is 11.9 Å². The standard InChI is InChI=1S/C24H30N8O4S/c1-15-5-6-17(33)16(2)21(15)27-22(35)18-13-25-23(37-18)26-19-7-8-32(28-19)14-20(34)30-9-11-31(12-10-30)24(36)29(3)4/h5-8,13,33H,9-12,14H2,1-4H3,(H,27,35)(H,25,26,28). The number of aromatic nitrogens is 3. The zero-order chi connectivity index (χ0) is 26.7. The highest BCUT2D eigenvalue weighted by molar-refractivity contribution is 7.17. The zero-order valence-electron chi connectivity index (χ0n) is 21.2. The van der Waals surface area contributed by atoms with E-state index in [0.717, 1.165) is 16.9 Å². The number of nitrogens with zero attached hydrogens (tertiary/aromatic N) is 6. The summed E-state index contributed by atoms with van der Waals surface area (Å²) in [5.74, 6) is 0.210. The summed E-state index contributed by atoms with van der Waals surface area (Å²) in [5.41, 5.74) is 2.01. The number of nitrogens with one attached hydrogen (secondary N) is 2. The lowest BCUT2D eigenvalue weighted by molar-refractivity contribution is -0.133. The first-order valence-corrected chi connectivity index (χ1v) is 12.5. The van der Waals surface area contributed by atoms with Crippen LogP contribution in [0.5, 0.6) is 5.75 Å². The molecule has 1 aliphatic heterocycles. The average Bonchev–Trinajstić information content (AvgIpc) is 3.53. The third kappa shape index (κ3) is 6.00. The van der Waals surface area contributed by atoms with E-state index in [2.05, 4.69) is 20.7 Å². The smallest absolute Gasteiger partial charge is 0.319 e. The largest absolute Gasteiger partial charge is 0.508 e. The monoisotopic (exact) mass is 526 g/mol. The van der Waals surface area contributed by atoms with Gasteiger partial charge in [0.2, 0.25) is 5.91 Å². The fourth-order valence-electron chi connectivity index (χ4n) is 3.93. The van der Waals surface area contributed by atoms with Gasteiger partial charge in [-0.05, 0) is 25.5 Å². The Kier molecular flexibility index (Phi) is 7.62. The van der Waals surface area contributed by atoms with Crippen molar-refractivity contribution in [2.24, 2.45) is 0 Å². The van der Waals surface area contributed by atoms with Gasteiger partial charge in [-0.25, -0.2) is 9.78 Å². The number of phenols is 1. The van der Waals surface area contributed by atoms with Crippen LogP contribution in [0.4, 0.5) is 21.4 Å². The number of rotatable bonds is 6. The molecule has 196 valence electrons. The lowest BCUT2D eigenvalue weighted by Crippen LogP contribution is -2.53. The summed E-state index contributed by atoms with van der Waals surface area (Å²) < 4.78 is 1.54. The number of urea groups is 1. The van der Waals surface area contributed by atoms with Crippen molar-refractivity contribution in [3.63, 3.8) is 0 Å². The summed E-state index contributed by atoms with van der Waals surface area (Å²) in [6.07, 6.45) is 3.16. The predicted molar refractivity (Wildman–Crippen MR) is 140 cm³/mol. The minimum Gasteiger partial charge on any atom is -0.508 e. The van der Waals surface area contributed by atoms with Crippen molar-refractivity contribution in [2.75, 3.05) is 50.9 Å². The van der Waals surface area contributed by atoms with Gasteiger partial charge < -0.3 is 30.4 Å². The number of hydrogen-bond donors (Lipinski definition) is 3. The van der Waals surface area contributed by atoms with Gasteiger partial charge in [0.1, 0.15) is 17.2 Å². The quantitative estimate of drug-likeness (QED) is 0.449. The van der Waals surface area contributed by atoms with Gasteiger partial charge in [0.15, 0.2) is 10.9 Å². The third-order valence-electron chi connectivity index (χ3n) is 6.07. The van der Waals surface area contributed by atoms with Crippen LogP contribution in [0.3, 0.4) is 0 Å². The van der Waals surface area contributed by atoms with Crippen LogP contribution in [0.25, 0.3) is 0 Å². The van der Waals surface area contributed by atoms with Crippen molar-refractivity contribution >= 4 is 45.8 Å². The van der Waals surface area contributed by atoms with Gasteiger partial charge >= 0.3 is 6.03 Å². The number of amides is 4. The SMILES string of the molecule is Cc1ccc(O)c(C)c1NC(=O)c1cnc(Nc2ccn(CC(=O)N3CCN(C(=O)N(C)C)CC3)n2)s1. The molecule has 1 aromatic carbocycles. The molecular weight excluding hydrogens is 496 g/mol. The fourth-order valence-corrected chi connectivity index (χ4v) is 4.65. The maximum Gasteiger partial charge on any atom is 0.319 e. The molecule has 1 saturated heterocycles. The van der Waals surface area contributed by atoms with E-state index in [1.807, 2.05) is 6.92 Å². The van der Waals surface area contributed by atoms with Crippen LogP contribution in [0.2, 0.25) is 0 Å². The molecule has 0 saturated carbocycles. The summed E-state index contributed by atoms with van der Waals surface area (Å²) in [6, 6.07) is 5.00.